The van der Waals surface area contributed by atoms with Gasteiger partial charge >= 0.3 is 0 Å². The van der Waals surface area contributed by atoms with Crippen molar-refractivity contribution < 1.29 is 20.1 Å². The van der Waals surface area contributed by atoms with Gasteiger partial charge in [0.25, 0.3) is 0 Å². The maximum atomic E-state index is 9.67. The van der Waals surface area contributed by atoms with Crippen LogP contribution in [0.2, 0.25) is 0 Å². The van der Waals surface area contributed by atoms with Crippen LogP contribution in [-0.2, 0) is 11.2 Å². The second kappa shape index (κ2) is 16.8. The van der Waals surface area contributed by atoms with Crippen molar-refractivity contribution in [1.82, 2.24) is 0 Å². The molecule has 1 aromatic rings. The maximum Gasteiger partial charge on any atom is 0.0834 e. The Kier molecular flexibility index (Phi) is 18.1. The van der Waals surface area contributed by atoms with Crippen LogP contribution in [0.1, 0.15) is 32.3 Å². The molecule has 0 aliphatic carbocycles. The van der Waals surface area contributed by atoms with Gasteiger partial charge in [0.05, 0.1) is 24.9 Å². The topological polar surface area (TPSA) is 69.9 Å². The summed E-state index contributed by atoms with van der Waals surface area (Å²) in [6.45, 7) is 3.99. The van der Waals surface area contributed by atoms with E-state index in [2.05, 4.69) is 24.8 Å². The maximum absolute atomic E-state index is 9.67. The van der Waals surface area contributed by atoms with Gasteiger partial charge in [-0.25, -0.2) is 0 Å². The molecular weight excluding hydrogens is 300 g/mol. The minimum Gasteiger partial charge on any atom is -0.400 e. The first-order valence-corrected chi connectivity index (χ1v) is 8.55. The van der Waals surface area contributed by atoms with Crippen molar-refractivity contribution in [3.8, 4) is 0 Å². The second-order valence-corrected chi connectivity index (χ2v) is 4.38. The Morgan fingerprint density at radius 2 is 1.55 bits per heavy atom. The Balaban J connectivity index is 0. The quantitative estimate of drug-likeness (QED) is 0.641. The second-order valence-electron chi connectivity index (χ2n) is 4.38. The summed E-state index contributed by atoms with van der Waals surface area (Å²) in [6.07, 6.45) is 3.15. The first kappa shape index (κ1) is 23.7. The molecule has 0 radical (unpaired) electrons. The molecule has 0 spiro atoms. The van der Waals surface area contributed by atoms with Crippen LogP contribution in [-0.4, -0.2) is 53.6 Å². The summed E-state index contributed by atoms with van der Waals surface area (Å²) >= 11 is 3.53. The van der Waals surface area contributed by atoms with E-state index in [9.17, 15) is 5.11 Å². The molecular formula is C17H32O4S. The van der Waals surface area contributed by atoms with Crippen LogP contribution in [0.4, 0.5) is 0 Å². The van der Waals surface area contributed by atoms with Gasteiger partial charge in [-0.05, 0) is 24.7 Å². The molecule has 22 heavy (non-hydrogen) atoms. The Labute approximate surface area is 140 Å². The number of thiol groups is 1. The third kappa shape index (κ3) is 10.2. The zero-order valence-corrected chi connectivity index (χ0v) is 15.0. The molecule has 0 bridgehead atoms. The molecule has 3 N–H and O–H groups in total. The molecule has 1 aliphatic rings. The third-order valence-corrected chi connectivity index (χ3v) is 2.96. The van der Waals surface area contributed by atoms with E-state index in [4.69, 9.17) is 14.9 Å². The number of rotatable bonds is 3. The Morgan fingerprint density at radius 3 is 2.05 bits per heavy atom. The van der Waals surface area contributed by atoms with E-state index in [1.165, 1.54) is 5.56 Å². The van der Waals surface area contributed by atoms with Gasteiger partial charge in [0.1, 0.15) is 0 Å². The molecule has 0 saturated carbocycles. The third-order valence-electron chi connectivity index (χ3n) is 2.96. The SMILES string of the molecule is CC.CO.CS.OC[C@@H]1C[C@H](O)C[C@H](Cc2ccccc2)O1. The fraction of sp³-hybridized carbons (Fsp3) is 0.647. The smallest absolute Gasteiger partial charge is 0.0834 e. The predicted octanol–water partition coefficient (Wildman–Crippen LogP) is 2.31. The van der Waals surface area contributed by atoms with E-state index < -0.39 is 0 Å². The van der Waals surface area contributed by atoms with Crippen molar-refractivity contribution >= 4 is 12.6 Å². The molecule has 1 heterocycles. The molecule has 2 rings (SSSR count). The first-order valence-electron chi connectivity index (χ1n) is 7.65. The lowest BCUT2D eigenvalue weighted by Crippen LogP contribution is -2.38. The van der Waals surface area contributed by atoms with Gasteiger partial charge < -0.3 is 20.1 Å². The molecule has 0 aromatic heterocycles. The summed E-state index contributed by atoms with van der Waals surface area (Å²) in [5.41, 5.74) is 1.21. The summed E-state index contributed by atoms with van der Waals surface area (Å²) < 4.78 is 5.70. The van der Waals surface area contributed by atoms with Crippen molar-refractivity contribution in [2.45, 2.75) is 51.4 Å². The summed E-state index contributed by atoms with van der Waals surface area (Å²) in [4.78, 5) is 0. The number of benzene rings is 1. The molecule has 0 unspecified atom stereocenters. The lowest BCUT2D eigenvalue weighted by atomic mass is 9.96. The normalized spacial score (nSPS) is 22.8. The van der Waals surface area contributed by atoms with Gasteiger partial charge in [0, 0.05) is 13.5 Å². The van der Waals surface area contributed by atoms with E-state index in [1.807, 2.05) is 32.0 Å². The van der Waals surface area contributed by atoms with Gasteiger partial charge in [-0.3, -0.25) is 0 Å². The molecule has 130 valence electrons. The van der Waals surface area contributed by atoms with Crippen molar-refractivity contribution in [1.29, 1.82) is 0 Å². The Hall–Kier alpha value is -0.590. The van der Waals surface area contributed by atoms with Crippen molar-refractivity contribution in [2.24, 2.45) is 0 Å². The minimum absolute atomic E-state index is 0.0116. The van der Waals surface area contributed by atoms with E-state index in [0.717, 1.165) is 13.5 Å². The standard InChI is InChI=1S/C13H18O3.C2H6.CH4O.CH4S/c14-9-13-8-11(15)7-12(16-13)6-10-4-2-1-3-5-10;3*1-2/h1-5,11-15H,6-9H2;1-2H3;2*2H,1H3/t11-,12+,13+;;;/m1.../s1. The number of aliphatic hydroxyl groups excluding tert-OH is 3. The van der Waals surface area contributed by atoms with Gasteiger partial charge in [0.2, 0.25) is 0 Å². The monoisotopic (exact) mass is 332 g/mol. The van der Waals surface area contributed by atoms with E-state index in [1.54, 1.807) is 6.26 Å². The highest BCUT2D eigenvalue weighted by Crippen LogP contribution is 2.22. The molecule has 1 saturated heterocycles. The zero-order chi connectivity index (χ0) is 17.4. The molecule has 0 amide bonds. The van der Waals surface area contributed by atoms with Crippen LogP contribution >= 0.6 is 12.6 Å². The number of aliphatic hydroxyl groups is 3. The highest BCUT2D eigenvalue weighted by Gasteiger charge is 2.27. The van der Waals surface area contributed by atoms with Crippen LogP contribution in [0.3, 0.4) is 0 Å². The van der Waals surface area contributed by atoms with E-state index >= 15 is 0 Å². The van der Waals surface area contributed by atoms with Gasteiger partial charge in [-0.2, -0.15) is 12.6 Å². The predicted molar refractivity (Wildman–Crippen MR) is 95.5 cm³/mol. The fourth-order valence-corrected chi connectivity index (χ4v) is 2.21. The van der Waals surface area contributed by atoms with E-state index in [0.29, 0.717) is 12.8 Å². The average molecular weight is 333 g/mol. The van der Waals surface area contributed by atoms with Gasteiger partial charge in [-0.15, -0.1) is 0 Å². The fourth-order valence-electron chi connectivity index (χ4n) is 2.21. The Morgan fingerprint density at radius 1 is 1.05 bits per heavy atom. The van der Waals surface area contributed by atoms with Gasteiger partial charge in [-0.1, -0.05) is 44.2 Å². The van der Waals surface area contributed by atoms with Gasteiger partial charge in [0.15, 0.2) is 0 Å². The lowest BCUT2D eigenvalue weighted by molar-refractivity contribution is -0.110. The summed E-state index contributed by atoms with van der Waals surface area (Å²) in [5.74, 6) is 0. The largest absolute Gasteiger partial charge is 0.400 e. The summed E-state index contributed by atoms with van der Waals surface area (Å²) in [7, 11) is 1.00. The number of hydrogen-bond donors (Lipinski definition) is 4. The average Bonchev–Trinajstić information content (AvgIpc) is 2.60. The number of ether oxygens (including phenoxy) is 1. The van der Waals surface area contributed by atoms with Crippen LogP contribution in [0.25, 0.3) is 0 Å². The molecule has 1 aromatic carbocycles. The zero-order valence-electron chi connectivity index (χ0n) is 14.1. The van der Waals surface area contributed by atoms with Crippen LogP contribution in [0.5, 0.6) is 0 Å². The first-order chi connectivity index (χ1) is 10.8. The molecule has 5 heteroatoms. The summed E-state index contributed by atoms with van der Waals surface area (Å²) in [5, 5.41) is 25.7. The van der Waals surface area contributed by atoms with E-state index in [-0.39, 0.29) is 24.9 Å². The lowest BCUT2D eigenvalue weighted by Gasteiger charge is -2.32. The minimum atomic E-state index is -0.348. The van der Waals surface area contributed by atoms with Crippen molar-refractivity contribution in [3.05, 3.63) is 35.9 Å². The Bertz CT molecular complexity index is 322. The van der Waals surface area contributed by atoms with Crippen LogP contribution in [0, 0.1) is 0 Å². The molecule has 1 aliphatic heterocycles. The summed E-state index contributed by atoms with van der Waals surface area (Å²) in [6, 6.07) is 10.1. The number of hydrogen-bond acceptors (Lipinski definition) is 5. The van der Waals surface area contributed by atoms with Crippen molar-refractivity contribution in [3.63, 3.8) is 0 Å². The molecule has 4 nitrogen and oxygen atoms in total. The molecule has 1 fully saturated rings. The highest BCUT2D eigenvalue weighted by atomic mass is 32.1. The highest BCUT2D eigenvalue weighted by molar-refractivity contribution is 7.79. The molecule has 3 atom stereocenters. The van der Waals surface area contributed by atoms with Crippen LogP contribution < -0.4 is 0 Å². The van der Waals surface area contributed by atoms with Crippen LogP contribution in [0.15, 0.2) is 30.3 Å². The van der Waals surface area contributed by atoms with Crippen molar-refractivity contribution in [2.75, 3.05) is 20.0 Å².